The lowest BCUT2D eigenvalue weighted by molar-refractivity contribution is -0.120. The number of alkyl carbamates (subject to hydrolysis) is 1. The molecule has 0 aliphatic carbocycles. The number of nitrogens with one attached hydrogen (secondary N) is 4. The number of β-amino-alcohol motifs (C(OH)–C–C–N with tert-alkyl or cyclic N) is 1. The largest absolute Gasteiger partial charge is 0.448 e. The highest BCUT2D eigenvalue weighted by Crippen LogP contribution is 2.33. The van der Waals surface area contributed by atoms with Gasteiger partial charge in [0.25, 0.3) is 0 Å². The number of rotatable bonds is 12. The van der Waals surface area contributed by atoms with E-state index in [0.29, 0.717) is 25.1 Å². The molecule has 0 unspecified atom stereocenters. The minimum atomic E-state index is -0.922. The molecule has 1 heterocycles. The summed E-state index contributed by atoms with van der Waals surface area (Å²) in [5, 5.41) is 29.9. The molecule has 0 bridgehead atoms. The summed E-state index contributed by atoms with van der Waals surface area (Å²) in [6.45, 7) is 3.67. The van der Waals surface area contributed by atoms with Crippen LogP contribution in [0.25, 0.3) is 11.1 Å². The van der Waals surface area contributed by atoms with Crippen molar-refractivity contribution in [3.63, 3.8) is 0 Å². The van der Waals surface area contributed by atoms with Gasteiger partial charge >= 0.3 is 12.1 Å². The van der Waals surface area contributed by atoms with Crippen molar-refractivity contribution in [2.45, 2.75) is 55.8 Å². The third-order valence-corrected chi connectivity index (χ3v) is 8.46. The molecule has 0 radical (unpaired) electrons. The summed E-state index contributed by atoms with van der Waals surface area (Å²) in [7, 11) is 1.56. The number of urea groups is 1. The number of aliphatic hydroxyl groups is 2. The van der Waals surface area contributed by atoms with Crippen molar-refractivity contribution in [2.75, 3.05) is 43.3 Å². The average Bonchev–Trinajstić information content (AvgIpc) is 3.18. The van der Waals surface area contributed by atoms with E-state index in [4.69, 9.17) is 9.84 Å². The van der Waals surface area contributed by atoms with Crippen LogP contribution < -0.4 is 26.2 Å². The third kappa shape index (κ3) is 9.23. The maximum Gasteiger partial charge on any atom is 0.407 e. The molecule has 3 aromatic rings. The van der Waals surface area contributed by atoms with Crippen LogP contribution in [0.2, 0.25) is 0 Å². The summed E-state index contributed by atoms with van der Waals surface area (Å²) in [5.41, 5.74) is 4.52. The third-order valence-electron chi connectivity index (χ3n) is 7.74. The van der Waals surface area contributed by atoms with E-state index in [0.717, 1.165) is 32.8 Å². The van der Waals surface area contributed by atoms with Crippen LogP contribution in [0.15, 0.2) is 71.6 Å². The van der Waals surface area contributed by atoms with Crippen molar-refractivity contribution in [1.82, 2.24) is 16.0 Å². The van der Waals surface area contributed by atoms with Gasteiger partial charge < -0.3 is 41.1 Å². The summed E-state index contributed by atoms with van der Waals surface area (Å²) in [6, 6.07) is 20.3. The second-order valence-corrected chi connectivity index (χ2v) is 12.7. The summed E-state index contributed by atoms with van der Waals surface area (Å²) in [6.07, 6.45) is 1.38. The first-order valence-corrected chi connectivity index (χ1v) is 16.4. The molecule has 0 aromatic heterocycles. The van der Waals surface area contributed by atoms with Crippen LogP contribution in [0.4, 0.5) is 21.0 Å². The molecule has 6 N–H and O–H groups in total. The second-order valence-electron chi connectivity index (χ2n) is 11.8. The van der Waals surface area contributed by atoms with Gasteiger partial charge in [-0.15, -0.1) is 11.8 Å². The fraction of sp³-hybridized carbons (Fsp3) is 0.382. The minimum absolute atomic E-state index is 0.00692. The Labute approximate surface area is 274 Å². The summed E-state index contributed by atoms with van der Waals surface area (Å²) in [5.74, 6) is -0.236. The van der Waals surface area contributed by atoms with E-state index in [1.165, 1.54) is 0 Å². The first-order chi connectivity index (χ1) is 22.0. The van der Waals surface area contributed by atoms with Crippen LogP contribution in [-0.4, -0.2) is 79.0 Å². The number of fused-ring (bicyclic) bond motifs is 1. The Morgan fingerprint density at radius 1 is 1.11 bits per heavy atom. The van der Waals surface area contributed by atoms with Crippen molar-refractivity contribution < 1.29 is 29.3 Å². The number of para-hydroxylation sites is 1. The number of hydrogen-bond acceptors (Lipinski definition) is 8. The van der Waals surface area contributed by atoms with Crippen LogP contribution in [0, 0.1) is 0 Å². The Morgan fingerprint density at radius 3 is 2.54 bits per heavy atom. The fourth-order valence-corrected chi connectivity index (χ4v) is 5.58. The standard InChI is InChI=1S/C34H43N5O6S/c1-34(2,36-18-25(41)20-40)21-45-33(44)38-29-15-13-24-17-26(46-4)14-16-30(24)39(31(29)42)19-22-9-11-23(12-10-22)27-7-5-6-8-28(27)37-32(43)35-3/h5-12,14,16-17,25,29,36,40-41H,13,15,18-21H2,1-4H3,(H,38,44)(H2,35,37,43)/t25-,29+/m0/s1. The predicted octanol–water partition coefficient (Wildman–Crippen LogP) is 4.12. The maximum atomic E-state index is 14.0. The number of carbonyl (C=O) groups excluding carboxylic acids is 3. The highest BCUT2D eigenvalue weighted by Gasteiger charge is 2.32. The van der Waals surface area contributed by atoms with Crippen LogP contribution in [-0.2, 0) is 22.5 Å². The van der Waals surface area contributed by atoms with E-state index in [1.54, 1.807) is 23.7 Å². The number of amides is 4. The zero-order valence-corrected chi connectivity index (χ0v) is 27.4. The van der Waals surface area contributed by atoms with Gasteiger partial charge in [-0.05, 0) is 73.9 Å². The molecule has 11 nitrogen and oxygen atoms in total. The molecule has 4 amide bonds. The Bertz CT molecular complexity index is 1520. The SMILES string of the molecule is CNC(=O)Nc1ccccc1-c1ccc(CN2C(=O)[C@H](NC(=O)OCC(C)(C)NC[C@H](O)CO)CCc3cc(SC)ccc32)cc1. The lowest BCUT2D eigenvalue weighted by Crippen LogP contribution is -2.51. The highest BCUT2D eigenvalue weighted by atomic mass is 32.2. The Balaban J connectivity index is 1.51. The molecular formula is C34H43N5O6S. The quantitative estimate of drug-likeness (QED) is 0.160. The van der Waals surface area contributed by atoms with E-state index in [9.17, 15) is 19.5 Å². The number of nitrogens with zero attached hydrogens (tertiary/aromatic N) is 1. The molecule has 246 valence electrons. The van der Waals surface area contributed by atoms with Crippen molar-refractivity contribution >= 4 is 41.2 Å². The number of benzene rings is 3. The molecule has 4 rings (SSSR count). The van der Waals surface area contributed by atoms with Crippen molar-refractivity contribution in [3.8, 4) is 11.1 Å². The van der Waals surface area contributed by atoms with Crippen LogP contribution in [0.5, 0.6) is 0 Å². The first-order valence-electron chi connectivity index (χ1n) is 15.2. The number of anilines is 2. The smallest absolute Gasteiger partial charge is 0.407 e. The van der Waals surface area contributed by atoms with E-state index in [-0.39, 0.29) is 31.7 Å². The van der Waals surface area contributed by atoms with Gasteiger partial charge in [0.2, 0.25) is 5.91 Å². The van der Waals surface area contributed by atoms with E-state index < -0.39 is 23.8 Å². The molecule has 0 saturated carbocycles. The van der Waals surface area contributed by atoms with Gasteiger partial charge in [0.15, 0.2) is 0 Å². The van der Waals surface area contributed by atoms with Gasteiger partial charge in [-0.3, -0.25) is 4.79 Å². The molecule has 0 spiro atoms. The van der Waals surface area contributed by atoms with E-state index >= 15 is 0 Å². The number of ether oxygens (including phenoxy) is 1. The summed E-state index contributed by atoms with van der Waals surface area (Å²) in [4.78, 5) is 41.7. The molecule has 2 atom stereocenters. The lowest BCUT2D eigenvalue weighted by atomic mass is 10.0. The van der Waals surface area contributed by atoms with Crippen molar-refractivity contribution in [3.05, 3.63) is 77.9 Å². The van der Waals surface area contributed by atoms with Gasteiger partial charge in [-0.2, -0.15) is 0 Å². The highest BCUT2D eigenvalue weighted by molar-refractivity contribution is 7.98. The average molecular weight is 650 g/mol. The normalized spacial score (nSPS) is 15.4. The molecular weight excluding hydrogens is 606 g/mol. The van der Waals surface area contributed by atoms with Crippen molar-refractivity contribution in [2.24, 2.45) is 0 Å². The number of thioether (sulfide) groups is 1. The Hall–Kier alpha value is -4.10. The predicted molar refractivity (Wildman–Crippen MR) is 181 cm³/mol. The lowest BCUT2D eigenvalue weighted by Gasteiger charge is -2.28. The molecule has 46 heavy (non-hydrogen) atoms. The van der Waals surface area contributed by atoms with Crippen molar-refractivity contribution in [1.29, 1.82) is 0 Å². The summed E-state index contributed by atoms with van der Waals surface area (Å²) < 4.78 is 5.47. The Kier molecular flexibility index (Phi) is 12.1. The molecule has 12 heteroatoms. The van der Waals surface area contributed by atoms with Crippen LogP contribution in [0.1, 0.15) is 31.4 Å². The first kappa shape index (κ1) is 34.8. The van der Waals surface area contributed by atoms with Crippen LogP contribution >= 0.6 is 11.8 Å². The maximum absolute atomic E-state index is 14.0. The molecule has 1 aliphatic heterocycles. The van der Waals surface area contributed by atoms with Gasteiger partial charge in [0.1, 0.15) is 12.6 Å². The van der Waals surface area contributed by atoms with E-state index in [1.807, 2.05) is 80.8 Å². The monoisotopic (exact) mass is 649 g/mol. The van der Waals surface area contributed by atoms with Crippen LogP contribution in [0.3, 0.4) is 0 Å². The van der Waals surface area contributed by atoms with Gasteiger partial charge in [0.05, 0.1) is 24.9 Å². The summed E-state index contributed by atoms with van der Waals surface area (Å²) >= 11 is 1.63. The van der Waals surface area contributed by atoms with Gasteiger partial charge in [-0.25, -0.2) is 9.59 Å². The topological polar surface area (TPSA) is 152 Å². The zero-order valence-electron chi connectivity index (χ0n) is 26.6. The zero-order chi connectivity index (χ0) is 33.3. The molecule has 1 aliphatic rings. The molecule has 0 fully saturated rings. The molecule has 0 saturated heterocycles. The number of aliphatic hydroxyl groups excluding tert-OH is 2. The van der Waals surface area contributed by atoms with Gasteiger partial charge in [0, 0.05) is 35.3 Å². The minimum Gasteiger partial charge on any atom is -0.448 e. The Morgan fingerprint density at radius 2 is 1.85 bits per heavy atom. The number of aryl methyl sites for hydroxylation is 1. The van der Waals surface area contributed by atoms with Gasteiger partial charge in [-0.1, -0.05) is 42.5 Å². The fourth-order valence-electron chi connectivity index (χ4n) is 5.12. The van der Waals surface area contributed by atoms with E-state index in [2.05, 4.69) is 27.3 Å². The second kappa shape index (κ2) is 15.9. The molecule has 3 aromatic carbocycles. The number of hydrogen-bond donors (Lipinski definition) is 6. The number of carbonyl (C=O) groups is 3.